The number of ether oxygens (including phenoxy) is 2. The smallest absolute Gasteiger partial charge is 0.437 e. The molecule has 1 atom stereocenters. The van der Waals surface area contributed by atoms with Crippen LogP contribution in [0.2, 0.25) is 10.0 Å². The van der Waals surface area contributed by atoms with E-state index in [1.807, 2.05) is 38.2 Å². The first-order valence-corrected chi connectivity index (χ1v) is 12.0. The molecule has 8 nitrogen and oxygen atoms in total. The second-order valence-electron chi connectivity index (χ2n) is 8.46. The van der Waals surface area contributed by atoms with Crippen LogP contribution in [0.25, 0.3) is 5.57 Å². The molecule has 1 aliphatic rings. The van der Waals surface area contributed by atoms with Gasteiger partial charge in [0.25, 0.3) is 5.89 Å². The van der Waals surface area contributed by atoms with Crippen molar-refractivity contribution in [2.45, 2.75) is 32.9 Å². The topological polar surface area (TPSA) is 89.7 Å². The first kappa shape index (κ1) is 25.8. The van der Waals surface area contributed by atoms with Crippen LogP contribution >= 0.6 is 23.2 Å². The molecule has 0 aliphatic carbocycles. The molecule has 0 fully saturated rings. The molecule has 0 radical (unpaired) electrons. The molecule has 4 rings (SSSR count). The number of methoxy groups -OCH3 is 1. The zero-order valence-corrected chi connectivity index (χ0v) is 21.9. The van der Waals surface area contributed by atoms with Crippen LogP contribution in [0, 0.1) is 0 Å². The first-order valence-electron chi connectivity index (χ1n) is 11.2. The van der Waals surface area contributed by atoms with Crippen LogP contribution < -0.4 is 5.32 Å². The highest BCUT2D eigenvalue weighted by molar-refractivity contribution is 6.42. The molecule has 0 amide bonds. The van der Waals surface area contributed by atoms with Gasteiger partial charge in [0.2, 0.25) is 0 Å². The van der Waals surface area contributed by atoms with E-state index in [4.69, 9.17) is 37.2 Å². The average Bonchev–Trinajstić information content (AvgIpc) is 3.30. The van der Waals surface area contributed by atoms with E-state index in [9.17, 15) is 4.79 Å². The second-order valence-corrected chi connectivity index (χ2v) is 9.24. The highest BCUT2D eigenvalue weighted by Crippen LogP contribution is 2.46. The average molecular weight is 529 g/mol. The van der Waals surface area contributed by atoms with Gasteiger partial charge in [-0.3, -0.25) is 4.90 Å². The molecule has 0 saturated heterocycles. The zero-order chi connectivity index (χ0) is 25.8. The zero-order valence-electron chi connectivity index (χ0n) is 20.3. The van der Waals surface area contributed by atoms with Gasteiger partial charge in [0.1, 0.15) is 5.76 Å². The van der Waals surface area contributed by atoms with E-state index >= 15 is 0 Å². The summed E-state index contributed by atoms with van der Waals surface area (Å²) in [6.45, 7) is 4.88. The molecule has 1 unspecified atom stereocenters. The number of hydrogen-bond acceptors (Lipinski definition) is 8. The molecule has 2 aromatic carbocycles. The fourth-order valence-corrected chi connectivity index (χ4v) is 4.60. The standard InChI is InChI=1S/C26H26Cl2N4O4/c1-15-21(25-30-20(31-36-25)14-32(3)13-17-9-6-5-7-10-17)22(18-11-8-12-19(27)23(18)28)24(16(2)29-15)35-26(33)34-4/h5-12,22,29H,13-14H2,1-4H3. The maximum absolute atomic E-state index is 12.1. The quantitative estimate of drug-likeness (QED) is 0.365. The van der Waals surface area contributed by atoms with E-state index in [1.54, 1.807) is 19.1 Å². The van der Waals surface area contributed by atoms with Gasteiger partial charge in [-0.05, 0) is 38.1 Å². The molecule has 0 saturated carbocycles. The normalized spacial score (nSPS) is 15.8. The van der Waals surface area contributed by atoms with Crippen LogP contribution in [0.15, 0.2) is 70.2 Å². The number of aromatic nitrogens is 2. The number of nitrogens with zero attached hydrogens (tertiary/aromatic N) is 3. The third-order valence-electron chi connectivity index (χ3n) is 5.76. The monoisotopic (exact) mass is 528 g/mol. The van der Waals surface area contributed by atoms with E-state index in [-0.39, 0.29) is 5.89 Å². The van der Waals surface area contributed by atoms with Crippen molar-refractivity contribution >= 4 is 34.9 Å². The Morgan fingerprint density at radius 2 is 1.83 bits per heavy atom. The van der Waals surface area contributed by atoms with Gasteiger partial charge in [-0.2, -0.15) is 4.98 Å². The molecule has 0 bridgehead atoms. The number of allylic oxidation sites excluding steroid dienone is 3. The number of rotatable bonds is 7. The molecule has 1 aliphatic heterocycles. The number of hydrogen-bond donors (Lipinski definition) is 1. The van der Waals surface area contributed by atoms with Crippen LogP contribution in [0.5, 0.6) is 0 Å². The number of benzene rings is 2. The van der Waals surface area contributed by atoms with Gasteiger partial charge in [-0.25, -0.2) is 4.79 Å². The lowest BCUT2D eigenvalue weighted by atomic mass is 9.85. The molecule has 188 valence electrons. The molecular formula is C26H26Cl2N4O4. The fourth-order valence-electron chi connectivity index (χ4n) is 4.19. The van der Waals surface area contributed by atoms with Gasteiger partial charge in [-0.1, -0.05) is 70.8 Å². The summed E-state index contributed by atoms with van der Waals surface area (Å²) in [6, 6.07) is 15.4. The Bertz CT molecular complexity index is 1320. The summed E-state index contributed by atoms with van der Waals surface area (Å²) in [5, 5.41) is 8.14. The Hall–Kier alpha value is -3.33. The predicted octanol–water partition coefficient (Wildman–Crippen LogP) is 6.14. The van der Waals surface area contributed by atoms with E-state index < -0.39 is 12.1 Å². The van der Waals surface area contributed by atoms with Gasteiger partial charge in [0.05, 0.1) is 40.9 Å². The minimum atomic E-state index is -0.859. The third kappa shape index (κ3) is 5.56. The van der Waals surface area contributed by atoms with E-state index in [0.29, 0.717) is 45.0 Å². The molecule has 36 heavy (non-hydrogen) atoms. The third-order valence-corrected chi connectivity index (χ3v) is 6.59. The summed E-state index contributed by atoms with van der Waals surface area (Å²) in [4.78, 5) is 18.9. The second kappa shape index (κ2) is 11.2. The summed E-state index contributed by atoms with van der Waals surface area (Å²) < 4.78 is 16.0. The highest BCUT2D eigenvalue weighted by Gasteiger charge is 2.37. The van der Waals surface area contributed by atoms with Crippen molar-refractivity contribution in [2.75, 3.05) is 14.2 Å². The van der Waals surface area contributed by atoms with Crippen molar-refractivity contribution in [3.63, 3.8) is 0 Å². The Balaban J connectivity index is 1.69. The van der Waals surface area contributed by atoms with Gasteiger partial charge >= 0.3 is 6.16 Å². The summed E-state index contributed by atoms with van der Waals surface area (Å²) in [5.41, 5.74) is 3.79. The largest absolute Gasteiger partial charge is 0.513 e. The van der Waals surface area contributed by atoms with Gasteiger partial charge in [0.15, 0.2) is 5.82 Å². The summed E-state index contributed by atoms with van der Waals surface area (Å²) in [6.07, 6.45) is -0.859. The summed E-state index contributed by atoms with van der Waals surface area (Å²) >= 11 is 13.0. The molecular weight excluding hydrogens is 503 g/mol. The lowest BCUT2D eigenvalue weighted by Crippen LogP contribution is -2.26. The lowest BCUT2D eigenvalue weighted by molar-refractivity contribution is 0.0928. The fraction of sp³-hybridized carbons (Fsp3) is 0.269. The van der Waals surface area contributed by atoms with Crippen molar-refractivity contribution < 1.29 is 18.8 Å². The van der Waals surface area contributed by atoms with Crippen LogP contribution in [-0.4, -0.2) is 35.4 Å². The molecule has 2 heterocycles. The van der Waals surface area contributed by atoms with Crippen molar-refractivity contribution in [1.82, 2.24) is 20.4 Å². The molecule has 1 N–H and O–H groups in total. The van der Waals surface area contributed by atoms with Crippen molar-refractivity contribution in [3.05, 3.63) is 98.6 Å². The van der Waals surface area contributed by atoms with Gasteiger partial charge < -0.3 is 19.3 Å². The highest BCUT2D eigenvalue weighted by atomic mass is 35.5. The summed E-state index contributed by atoms with van der Waals surface area (Å²) in [5.74, 6) is 0.448. The number of nitrogens with one attached hydrogen (secondary N) is 1. The van der Waals surface area contributed by atoms with Gasteiger partial charge in [-0.15, -0.1) is 0 Å². The maximum atomic E-state index is 12.1. The Kier molecular flexibility index (Phi) is 7.98. The minimum Gasteiger partial charge on any atom is -0.437 e. The van der Waals surface area contributed by atoms with Crippen LogP contribution in [-0.2, 0) is 22.6 Å². The molecule has 0 spiro atoms. The molecule has 10 heteroatoms. The lowest BCUT2D eigenvalue weighted by Gasteiger charge is -2.30. The van der Waals surface area contributed by atoms with Crippen molar-refractivity contribution in [1.29, 1.82) is 0 Å². The minimum absolute atomic E-state index is 0.280. The van der Waals surface area contributed by atoms with E-state index in [2.05, 4.69) is 32.5 Å². The van der Waals surface area contributed by atoms with Crippen LogP contribution in [0.3, 0.4) is 0 Å². The number of dihydropyridines is 1. The van der Waals surface area contributed by atoms with E-state index in [0.717, 1.165) is 12.2 Å². The van der Waals surface area contributed by atoms with Crippen LogP contribution in [0.1, 0.15) is 42.6 Å². The van der Waals surface area contributed by atoms with Gasteiger partial charge in [0, 0.05) is 12.2 Å². The number of carbonyl (C=O) groups is 1. The van der Waals surface area contributed by atoms with Crippen LogP contribution in [0.4, 0.5) is 4.79 Å². The summed E-state index contributed by atoms with van der Waals surface area (Å²) in [7, 11) is 3.23. The first-order chi connectivity index (χ1) is 17.3. The SMILES string of the molecule is COC(=O)OC1=C(C)NC(C)=C(c2nc(CN(C)Cc3ccccc3)no2)C1c1cccc(Cl)c1Cl. The number of carbonyl (C=O) groups excluding carboxylic acids is 1. The van der Waals surface area contributed by atoms with Crippen molar-refractivity contribution in [3.8, 4) is 0 Å². The Labute approximate surface area is 219 Å². The Morgan fingerprint density at radius 3 is 2.56 bits per heavy atom. The van der Waals surface area contributed by atoms with E-state index in [1.165, 1.54) is 12.7 Å². The maximum Gasteiger partial charge on any atom is 0.513 e. The predicted molar refractivity (Wildman–Crippen MR) is 137 cm³/mol. The van der Waals surface area contributed by atoms with Crippen molar-refractivity contribution in [2.24, 2.45) is 0 Å². The Morgan fingerprint density at radius 1 is 1.08 bits per heavy atom. The molecule has 1 aromatic heterocycles. The number of halogens is 2. The molecule has 3 aromatic rings.